The van der Waals surface area contributed by atoms with Crippen molar-refractivity contribution in [3.63, 3.8) is 0 Å². The maximum Gasteiger partial charge on any atom is 0.227 e. The fourth-order valence-corrected chi connectivity index (χ4v) is 2.47. The van der Waals surface area contributed by atoms with E-state index < -0.39 is 5.41 Å². The Kier molecular flexibility index (Phi) is 10.4. The third kappa shape index (κ3) is 7.44. The molecule has 1 aromatic rings. The van der Waals surface area contributed by atoms with Crippen LogP contribution in [0.3, 0.4) is 0 Å². The molecule has 1 rings (SSSR count). The first-order valence-electron chi connectivity index (χ1n) is 7.24. The number of aliphatic imine (C=N–C) groups is 1. The molecular weight excluding hydrogens is 411 g/mol. The van der Waals surface area contributed by atoms with E-state index in [0.29, 0.717) is 13.1 Å². The Labute approximate surface area is 154 Å². The molecule has 0 unspecified atom stereocenters. The highest BCUT2D eigenvalue weighted by molar-refractivity contribution is 14.0. The largest absolute Gasteiger partial charge is 0.356 e. The van der Waals surface area contributed by atoms with Crippen molar-refractivity contribution in [2.75, 3.05) is 26.7 Å². The zero-order valence-corrected chi connectivity index (χ0v) is 16.9. The second-order valence-corrected chi connectivity index (χ2v) is 6.46. The van der Waals surface area contributed by atoms with E-state index in [1.165, 1.54) is 4.88 Å². The number of nitrogens with zero attached hydrogens (tertiary/aromatic N) is 1. The third-order valence-electron chi connectivity index (χ3n) is 3.12. The van der Waals surface area contributed by atoms with E-state index >= 15 is 0 Å². The molecule has 5 nitrogen and oxygen atoms in total. The lowest BCUT2D eigenvalue weighted by molar-refractivity contribution is -0.128. The van der Waals surface area contributed by atoms with Crippen molar-refractivity contribution < 1.29 is 4.79 Å². The first kappa shape index (κ1) is 21.2. The molecule has 0 radical (unpaired) electrons. The van der Waals surface area contributed by atoms with Crippen LogP contribution >= 0.6 is 35.3 Å². The van der Waals surface area contributed by atoms with Crippen LogP contribution in [0.2, 0.25) is 0 Å². The van der Waals surface area contributed by atoms with Gasteiger partial charge in [0.1, 0.15) is 0 Å². The first-order chi connectivity index (χ1) is 9.99. The summed E-state index contributed by atoms with van der Waals surface area (Å²) in [6, 6.07) is 4.18. The molecule has 0 fully saturated rings. The second-order valence-electron chi connectivity index (χ2n) is 5.43. The SMILES string of the molecule is CCNC(=O)C(C)(C)CNC(=NC)NCCc1cccs1.I. The van der Waals surface area contributed by atoms with E-state index in [0.717, 1.165) is 18.9 Å². The summed E-state index contributed by atoms with van der Waals surface area (Å²) < 4.78 is 0. The van der Waals surface area contributed by atoms with Crippen molar-refractivity contribution >= 4 is 47.2 Å². The molecule has 126 valence electrons. The van der Waals surface area contributed by atoms with E-state index in [2.05, 4.69) is 38.5 Å². The molecule has 0 aliphatic carbocycles. The predicted molar refractivity (Wildman–Crippen MR) is 105 cm³/mol. The number of hydrogen-bond donors (Lipinski definition) is 3. The fourth-order valence-electron chi connectivity index (χ4n) is 1.76. The number of thiophene rings is 1. The standard InChI is InChI=1S/C15H26N4OS.HI/c1-5-17-13(20)15(2,3)11-19-14(16-4)18-9-8-12-7-6-10-21-12;/h6-7,10H,5,8-9,11H2,1-4H3,(H,17,20)(H2,16,18,19);1H. The monoisotopic (exact) mass is 438 g/mol. The number of nitrogens with one attached hydrogen (secondary N) is 3. The molecule has 0 aromatic carbocycles. The van der Waals surface area contributed by atoms with Gasteiger partial charge < -0.3 is 16.0 Å². The molecule has 1 aromatic heterocycles. The van der Waals surface area contributed by atoms with Gasteiger partial charge in [0.05, 0.1) is 5.41 Å². The highest BCUT2D eigenvalue weighted by atomic mass is 127. The molecule has 0 saturated carbocycles. The summed E-state index contributed by atoms with van der Waals surface area (Å²) in [7, 11) is 1.74. The van der Waals surface area contributed by atoms with Gasteiger partial charge in [-0.25, -0.2) is 0 Å². The summed E-state index contributed by atoms with van der Waals surface area (Å²) in [6.45, 7) is 7.77. The Bertz CT molecular complexity index is 460. The van der Waals surface area contributed by atoms with Crippen LogP contribution in [0.5, 0.6) is 0 Å². The van der Waals surface area contributed by atoms with Gasteiger partial charge in [0, 0.05) is 31.6 Å². The Hall–Kier alpha value is -0.830. The van der Waals surface area contributed by atoms with E-state index in [4.69, 9.17) is 0 Å². The van der Waals surface area contributed by atoms with Gasteiger partial charge in [0.15, 0.2) is 5.96 Å². The average molecular weight is 438 g/mol. The summed E-state index contributed by atoms with van der Waals surface area (Å²) in [5.41, 5.74) is -0.471. The lowest BCUT2D eigenvalue weighted by Crippen LogP contribution is -2.48. The molecule has 1 amide bonds. The number of amides is 1. The van der Waals surface area contributed by atoms with Gasteiger partial charge in [-0.15, -0.1) is 35.3 Å². The quantitative estimate of drug-likeness (QED) is 0.348. The summed E-state index contributed by atoms with van der Waals surface area (Å²) >= 11 is 1.76. The lowest BCUT2D eigenvalue weighted by Gasteiger charge is -2.24. The minimum absolute atomic E-state index is 0. The molecule has 0 aliphatic rings. The van der Waals surface area contributed by atoms with Crippen molar-refractivity contribution in [3.8, 4) is 0 Å². The van der Waals surface area contributed by atoms with E-state index in [1.807, 2.05) is 20.8 Å². The van der Waals surface area contributed by atoms with Crippen molar-refractivity contribution in [3.05, 3.63) is 22.4 Å². The Morgan fingerprint density at radius 2 is 2.05 bits per heavy atom. The molecule has 3 N–H and O–H groups in total. The maximum absolute atomic E-state index is 11.9. The summed E-state index contributed by atoms with van der Waals surface area (Å²) in [6.07, 6.45) is 0.970. The van der Waals surface area contributed by atoms with Crippen LogP contribution in [0.15, 0.2) is 22.5 Å². The normalized spacial score (nSPS) is 11.5. The molecule has 0 saturated heterocycles. The molecule has 22 heavy (non-hydrogen) atoms. The van der Waals surface area contributed by atoms with Crippen molar-refractivity contribution in [2.45, 2.75) is 27.2 Å². The smallest absolute Gasteiger partial charge is 0.227 e. The zero-order chi connectivity index (χ0) is 15.7. The number of hydrogen-bond acceptors (Lipinski definition) is 3. The van der Waals surface area contributed by atoms with Crippen molar-refractivity contribution in [1.29, 1.82) is 0 Å². The minimum atomic E-state index is -0.471. The van der Waals surface area contributed by atoms with Crippen LogP contribution in [-0.4, -0.2) is 38.5 Å². The van der Waals surface area contributed by atoms with E-state index in [-0.39, 0.29) is 29.9 Å². The Morgan fingerprint density at radius 3 is 2.59 bits per heavy atom. The summed E-state index contributed by atoms with van der Waals surface area (Å²) in [5.74, 6) is 0.774. The van der Waals surface area contributed by atoms with E-state index in [1.54, 1.807) is 18.4 Å². The van der Waals surface area contributed by atoms with Gasteiger partial charge >= 0.3 is 0 Å². The molecule has 7 heteroatoms. The highest BCUT2D eigenvalue weighted by Crippen LogP contribution is 2.13. The maximum atomic E-state index is 11.9. The number of guanidine groups is 1. The van der Waals surface area contributed by atoms with Crippen LogP contribution in [0.4, 0.5) is 0 Å². The molecule has 0 spiro atoms. The average Bonchev–Trinajstić information content (AvgIpc) is 2.96. The van der Waals surface area contributed by atoms with Gasteiger partial charge in [-0.2, -0.15) is 0 Å². The second kappa shape index (κ2) is 10.8. The van der Waals surface area contributed by atoms with Crippen molar-refractivity contribution in [2.24, 2.45) is 10.4 Å². The number of carbonyl (C=O) groups is 1. The predicted octanol–water partition coefficient (Wildman–Crippen LogP) is 2.24. The first-order valence-corrected chi connectivity index (χ1v) is 8.12. The van der Waals surface area contributed by atoms with Gasteiger partial charge in [0.25, 0.3) is 0 Å². The third-order valence-corrected chi connectivity index (χ3v) is 4.05. The number of halogens is 1. The van der Waals surface area contributed by atoms with Gasteiger partial charge in [-0.1, -0.05) is 6.07 Å². The van der Waals surface area contributed by atoms with Gasteiger partial charge in [-0.3, -0.25) is 9.79 Å². The lowest BCUT2D eigenvalue weighted by atomic mass is 9.92. The van der Waals surface area contributed by atoms with Gasteiger partial charge in [0.2, 0.25) is 5.91 Å². The Morgan fingerprint density at radius 1 is 1.32 bits per heavy atom. The molecular formula is C15H27IN4OS. The summed E-state index contributed by atoms with van der Waals surface area (Å²) in [5, 5.41) is 11.4. The van der Waals surface area contributed by atoms with E-state index in [9.17, 15) is 4.79 Å². The zero-order valence-electron chi connectivity index (χ0n) is 13.7. The molecule has 0 bridgehead atoms. The van der Waals surface area contributed by atoms with Crippen LogP contribution in [0, 0.1) is 5.41 Å². The van der Waals surface area contributed by atoms with Crippen molar-refractivity contribution in [1.82, 2.24) is 16.0 Å². The van der Waals surface area contributed by atoms with Crippen LogP contribution < -0.4 is 16.0 Å². The topological polar surface area (TPSA) is 65.5 Å². The van der Waals surface area contributed by atoms with Crippen LogP contribution in [0.25, 0.3) is 0 Å². The molecule has 0 aliphatic heterocycles. The van der Waals surface area contributed by atoms with Gasteiger partial charge in [-0.05, 0) is 38.6 Å². The molecule has 0 atom stereocenters. The highest BCUT2D eigenvalue weighted by Gasteiger charge is 2.27. The minimum Gasteiger partial charge on any atom is -0.356 e. The number of carbonyl (C=O) groups excluding carboxylic acids is 1. The molecule has 1 heterocycles. The fraction of sp³-hybridized carbons (Fsp3) is 0.600. The Balaban J connectivity index is 0.00000441. The summed E-state index contributed by atoms with van der Waals surface area (Å²) in [4.78, 5) is 17.5. The van der Waals surface area contributed by atoms with Crippen LogP contribution in [0.1, 0.15) is 25.6 Å². The van der Waals surface area contributed by atoms with Crippen LogP contribution in [-0.2, 0) is 11.2 Å². The number of rotatable bonds is 7.